The number of ketones is 1. The normalized spacial score (nSPS) is 16.2. The first kappa shape index (κ1) is 28.4. The first-order valence-corrected chi connectivity index (χ1v) is 13.1. The maximum absolute atomic E-state index is 13.5. The van der Waals surface area contributed by atoms with Crippen LogP contribution >= 0.6 is 11.3 Å². The van der Waals surface area contributed by atoms with Crippen molar-refractivity contribution in [1.82, 2.24) is 4.98 Å². The van der Waals surface area contributed by atoms with Gasteiger partial charge in [-0.3, -0.25) is 14.5 Å². The number of carbonyl (C=O) groups excluding carboxylic acids is 3. The molecule has 208 valence electrons. The highest BCUT2D eigenvalue weighted by Crippen LogP contribution is 2.45. The van der Waals surface area contributed by atoms with E-state index < -0.39 is 29.5 Å². The van der Waals surface area contributed by atoms with Crippen molar-refractivity contribution in [3.8, 4) is 17.2 Å². The average Bonchev–Trinajstić information content (AvgIpc) is 3.44. The van der Waals surface area contributed by atoms with E-state index in [2.05, 4.69) is 11.6 Å². The number of methoxy groups -OCH3 is 1. The van der Waals surface area contributed by atoms with Crippen LogP contribution in [-0.4, -0.2) is 53.2 Å². The van der Waals surface area contributed by atoms with E-state index in [9.17, 15) is 24.6 Å². The number of anilines is 1. The van der Waals surface area contributed by atoms with Crippen molar-refractivity contribution in [2.75, 3.05) is 25.2 Å². The Labute approximate surface area is 234 Å². The van der Waals surface area contributed by atoms with Crippen LogP contribution in [0, 0.1) is 13.8 Å². The number of thiazole rings is 1. The van der Waals surface area contributed by atoms with Gasteiger partial charge in [-0.2, -0.15) is 0 Å². The molecule has 1 aliphatic heterocycles. The smallest absolute Gasteiger partial charge is 0.350 e. The highest BCUT2D eigenvalue weighted by atomic mass is 32.1. The molecule has 1 aliphatic rings. The summed E-state index contributed by atoms with van der Waals surface area (Å²) >= 11 is 0.891. The minimum atomic E-state index is -1.15. The van der Waals surface area contributed by atoms with Crippen LogP contribution < -0.4 is 14.4 Å². The molecule has 1 aromatic heterocycles. The minimum Gasteiger partial charge on any atom is -0.507 e. The van der Waals surface area contributed by atoms with Crippen molar-refractivity contribution in [1.29, 1.82) is 0 Å². The number of carbonyl (C=O) groups is 3. The second-order valence-corrected chi connectivity index (χ2v) is 9.79. The lowest BCUT2D eigenvalue weighted by atomic mass is 9.93. The molecule has 1 saturated heterocycles. The van der Waals surface area contributed by atoms with Gasteiger partial charge < -0.3 is 24.4 Å². The summed E-state index contributed by atoms with van der Waals surface area (Å²) in [5.74, 6) is -2.36. The molecule has 0 bridgehead atoms. The van der Waals surface area contributed by atoms with Gasteiger partial charge in [0.05, 0.1) is 31.0 Å². The van der Waals surface area contributed by atoms with Crippen LogP contribution in [0.15, 0.2) is 54.6 Å². The Kier molecular flexibility index (Phi) is 8.24. The number of rotatable bonds is 9. The van der Waals surface area contributed by atoms with Gasteiger partial charge in [-0.15, -0.1) is 0 Å². The van der Waals surface area contributed by atoms with Crippen molar-refractivity contribution in [3.63, 3.8) is 0 Å². The van der Waals surface area contributed by atoms with Crippen molar-refractivity contribution < 1.29 is 38.8 Å². The number of Topliss-reactive ketones (excluding diaryl/α,β-unsaturated/α-hetero) is 1. The molecule has 2 N–H and O–H groups in total. The molecule has 2 aromatic carbocycles. The molecule has 0 unspecified atom stereocenters. The molecule has 1 atom stereocenters. The number of esters is 1. The summed E-state index contributed by atoms with van der Waals surface area (Å²) in [5.41, 5.74) is 1.43. The van der Waals surface area contributed by atoms with Gasteiger partial charge >= 0.3 is 11.9 Å². The molecule has 0 radical (unpaired) electrons. The molecule has 0 saturated carbocycles. The maximum Gasteiger partial charge on any atom is 0.350 e. The molecule has 1 amide bonds. The average molecular weight is 565 g/mol. The van der Waals surface area contributed by atoms with Gasteiger partial charge in [-0.25, -0.2) is 9.78 Å². The van der Waals surface area contributed by atoms with Crippen LogP contribution in [0.2, 0.25) is 0 Å². The summed E-state index contributed by atoms with van der Waals surface area (Å²) in [7, 11) is 1.23. The van der Waals surface area contributed by atoms with Crippen LogP contribution in [0.3, 0.4) is 0 Å². The molecular weight excluding hydrogens is 536 g/mol. The largest absolute Gasteiger partial charge is 0.507 e. The van der Waals surface area contributed by atoms with Gasteiger partial charge in [-0.05, 0) is 62.2 Å². The van der Waals surface area contributed by atoms with E-state index in [-0.39, 0.29) is 33.7 Å². The molecule has 3 aromatic rings. The summed E-state index contributed by atoms with van der Waals surface area (Å²) < 4.78 is 15.9. The standard InChI is InChI=1S/C29H28N2O8S/c1-6-12-39-18-9-10-19(15(3)13-18)24(33)22-23(17-8-11-20(32)21(14-17)38-7-2)31(27(35)25(22)34)29-30-16(4)26(40-29)28(36)37-5/h6,8-11,13-14,23,32-33H,1,7,12H2,2-5H3/t23-/m1/s1. The zero-order valence-electron chi connectivity index (χ0n) is 22.4. The predicted octanol–water partition coefficient (Wildman–Crippen LogP) is 4.84. The molecule has 10 nitrogen and oxygen atoms in total. The van der Waals surface area contributed by atoms with E-state index in [0.29, 0.717) is 34.7 Å². The molecule has 11 heteroatoms. The van der Waals surface area contributed by atoms with E-state index in [4.69, 9.17) is 14.2 Å². The number of ether oxygens (including phenoxy) is 3. The third-order valence-corrected chi connectivity index (χ3v) is 7.36. The first-order chi connectivity index (χ1) is 19.1. The van der Waals surface area contributed by atoms with Crippen LogP contribution in [0.1, 0.15) is 45.0 Å². The number of aromatic nitrogens is 1. The van der Waals surface area contributed by atoms with Crippen molar-refractivity contribution >= 4 is 39.9 Å². The summed E-state index contributed by atoms with van der Waals surface area (Å²) in [6.07, 6.45) is 1.60. The number of hydrogen-bond donors (Lipinski definition) is 2. The Hall–Kier alpha value is -4.64. The predicted molar refractivity (Wildman–Crippen MR) is 149 cm³/mol. The number of phenolic OH excluding ortho intramolecular Hbond substituents is 1. The number of nitrogens with zero attached hydrogens (tertiary/aromatic N) is 2. The van der Waals surface area contributed by atoms with E-state index in [1.807, 2.05) is 0 Å². The van der Waals surface area contributed by atoms with Gasteiger partial charge in [0.1, 0.15) is 23.0 Å². The Bertz CT molecular complexity index is 1540. The lowest BCUT2D eigenvalue weighted by Gasteiger charge is -2.24. The number of aliphatic hydroxyl groups excluding tert-OH is 1. The number of hydrogen-bond acceptors (Lipinski definition) is 10. The van der Waals surface area contributed by atoms with Crippen LogP contribution in [-0.2, 0) is 14.3 Å². The second-order valence-electron chi connectivity index (χ2n) is 8.81. The Morgan fingerprint density at radius 2 is 1.93 bits per heavy atom. The van der Waals surface area contributed by atoms with E-state index in [1.54, 1.807) is 45.0 Å². The van der Waals surface area contributed by atoms with E-state index >= 15 is 0 Å². The van der Waals surface area contributed by atoms with Gasteiger partial charge in [0.25, 0.3) is 5.78 Å². The van der Waals surface area contributed by atoms with Gasteiger partial charge in [0, 0.05) is 5.56 Å². The molecule has 40 heavy (non-hydrogen) atoms. The highest BCUT2D eigenvalue weighted by molar-refractivity contribution is 7.17. The fourth-order valence-corrected chi connectivity index (χ4v) is 5.39. The topological polar surface area (TPSA) is 135 Å². The molecule has 4 rings (SSSR count). The number of aromatic hydroxyl groups is 1. The van der Waals surface area contributed by atoms with Crippen molar-refractivity contribution in [2.24, 2.45) is 0 Å². The monoisotopic (exact) mass is 564 g/mol. The van der Waals surface area contributed by atoms with Gasteiger partial charge in [0.15, 0.2) is 16.6 Å². The summed E-state index contributed by atoms with van der Waals surface area (Å²) in [6.45, 7) is 9.24. The molecule has 0 aliphatic carbocycles. The van der Waals surface area contributed by atoms with Crippen molar-refractivity contribution in [3.05, 3.63) is 81.9 Å². The van der Waals surface area contributed by atoms with Gasteiger partial charge in [-0.1, -0.05) is 30.1 Å². The number of amides is 1. The third kappa shape index (κ3) is 5.15. The quantitative estimate of drug-likeness (QED) is 0.123. The fraction of sp³-hybridized carbons (Fsp3) is 0.241. The number of benzene rings is 2. The van der Waals surface area contributed by atoms with Crippen molar-refractivity contribution in [2.45, 2.75) is 26.8 Å². The first-order valence-electron chi connectivity index (χ1n) is 12.3. The Balaban J connectivity index is 1.94. The zero-order valence-corrected chi connectivity index (χ0v) is 23.2. The summed E-state index contributed by atoms with van der Waals surface area (Å²) in [4.78, 5) is 45.0. The molecule has 2 heterocycles. The SMILES string of the molecule is C=CCOc1ccc(C(O)=C2C(=O)C(=O)N(c3nc(C)c(C(=O)OC)s3)[C@@H]2c2ccc(O)c(OCC)c2)c(C)c1. The highest BCUT2D eigenvalue weighted by Gasteiger charge is 2.48. The van der Waals surface area contributed by atoms with Crippen LogP contribution in [0.4, 0.5) is 5.13 Å². The lowest BCUT2D eigenvalue weighted by molar-refractivity contribution is -0.132. The molecule has 1 fully saturated rings. The number of aryl methyl sites for hydroxylation is 2. The summed E-state index contributed by atoms with van der Waals surface area (Å²) in [5, 5.41) is 21.9. The van der Waals surface area contributed by atoms with E-state index in [1.165, 1.54) is 25.3 Å². The summed E-state index contributed by atoms with van der Waals surface area (Å²) in [6, 6.07) is 8.18. The van der Waals surface area contributed by atoms with E-state index in [0.717, 1.165) is 16.2 Å². The Morgan fingerprint density at radius 1 is 1.18 bits per heavy atom. The van der Waals surface area contributed by atoms with Crippen LogP contribution in [0.25, 0.3) is 5.76 Å². The fourth-order valence-electron chi connectivity index (χ4n) is 4.38. The van der Waals surface area contributed by atoms with Crippen LogP contribution in [0.5, 0.6) is 17.2 Å². The molecule has 0 spiro atoms. The Morgan fingerprint density at radius 3 is 2.58 bits per heavy atom. The van der Waals surface area contributed by atoms with Gasteiger partial charge in [0.2, 0.25) is 0 Å². The number of aliphatic hydroxyl groups is 1. The third-order valence-electron chi connectivity index (χ3n) is 6.23. The lowest BCUT2D eigenvalue weighted by Crippen LogP contribution is -2.29. The maximum atomic E-state index is 13.5. The minimum absolute atomic E-state index is 0.0694. The molecular formula is C29H28N2O8S. The number of phenols is 1. The second kappa shape index (κ2) is 11.6. The zero-order chi connectivity index (χ0) is 29.1.